The van der Waals surface area contributed by atoms with Crippen molar-refractivity contribution in [2.75, 3.05) is 0 Å². The predicted molar refractivity (Wildman–Crippen MR) is 231 cm³/mol. The number of aryl methyl sites for hydroxylation is 2. The minimum absolute atomic E-state index is 0. The van der Waals surface area contributed by atoms with Gasteiger partial charge in [-0.15, -0.1) is 93.4 Å². The Kier molecular flexibility index (Phi) is 18.1. The first-order chi connectivity index (χ1) is 22.4. The summed E-state index contributed by atoms with van der Waals surface area (Å²) in [4.78, 5) is 0. The SMILES string of the molecule is CC(C)(C)c1ccc(-c2cccc3[cH-]c(C4CCCC4)cc23)cc1.Cc1cc2c(-c3ccc(C(C)(C)C)cc3)ccc(C)c2[cH-]1.Cl.Cl.[CH3-].[CH3-].[Si]=[Zr]. The van der Waals surface area contributed by atoms with Gasteiger partial charge in [0.05, 0.1) is 0 Å². The molecule has 51 heavy (non-hydrogen) atoms. The number of rotatable bonds is 3. The van der Waals surface area contributed by atoms with Gasteiger partial charge < -0.3 is 14.9 Å². The molecule has 0 unspecified atom stereocenters. The topological polar surface area (TPSA) is 0 Å². The molecule has 0 atom stereocenters. The van der Waals surface area contributed by atoms with E-state index in [2.05, 4.69) is 165 Å². The third-order valence-corrected chi connectivity index (χ3v) is 9.97. The van der Waals surface area contributed by atoms with Gasteiger partial charge in [0, 0.05) is 0 Å². The van der Waals surface area contributed by atoms with Crippen molar-refractivity contribution in [3.05, 3.63) is 146 Å². The van der Waals surface area contributed by atoms with Crippen LogP contribution in [0.15, 0.2) is 103 Å². The van der Waals surface area contributed by atoms with Crippen molar-refractivity contribution in [2.24, 2.45) is 0 Å². The molecule has 0 bridgehead atoms. The Bertz CT molecular complexity index is 1940. The monoisotopic (exact) mass is 810 g/mol. The Balaban J connectivity index is 0.000000456. The summed E-state index contributed by atoms with van der Waals surface area (Å²) >= 11 is 1.36. The summed E-state index contributed by atoms with van der Waals surface area (Å²) in [5, 5.41) is 5.57. The molecule has 1 aliphatic rings. The van der Waals surface area contributed by atoms with E-state index in [0.29, 0.717) is 0 Å². The second-order valence-corrected chi connectivity index (χ2v) is 15.5. The Morgan fingerprint density at radius 1 is 0.608 bits per heavy atom. The molecule has 0 heterocycles. The fourth-order valence-corrected chi connectivity index (χ4v) is 7.15. The van der Waals surface area contributed by atoms with Crippen molar-refractivity contribution < 1.29 is 23.3 Å². The second-order valence-electron chi connectivity index (χ2n) is 15.5. The third kappa shape index (κ3) is 10.9. The van der Waals surface area contributed by atoms with Crippen LogP contribution in [-0.4, -0.2) is 6.88 Å². The molecule has 0 aliphatic heterocycles. The molecule has 1 fully saturated rings. The van der Waals surface area contributed by atoms with E-state index in [-0.39, 0.29) is 50.5 Å². The second kappa shape index (κ2) is 19.7. The van der Waals surface area contributed by atoms with Gasteiger partial charge in [-0.25, -0.2) is 0 Å². The van der Waals surface area contributed by atoms with Crippen molar-refractivity contribution in [1.82, 2.24) is 0 Å². The van der Waals surface area contributed by atoms with Crippen molar-refractivity contribution in [3.8, 4) is 22.3 Å². The molecule has 1 saturated carbocycles. The van der Waals surface area contributed by atoms with Crippen LogP contribution < -0.4 is 0 Å². The minimum atomic E-state index is 0. The van der Waals surface area contributed by atoms with Crippen LogP contribution in [-0.2, 0) is 34.2 Å². The van der Waals surface area contributed by atoms with Crippen LogP contribution in [0.3, 0.4) is 0 Å². The maximum atomic E-state index is 3.06. The van der Waals surface area contributed by atoms with Crippen LogP contribution in [0.5, 0.6) is 0 Å². The van der Waals surface area contributed by atoms with Gasteiger partial charge in [0.25, 0.3) is 0 Å². The average Bonchev–Trinajstić information content (AvgIpc) is 3.82. The quantitative estimate of drug-likeness (QED) is 0.123. The van der Waals surface area contributed by atoms with E-state index in [1.54, 1.807) is 5.56 Å². The molecule has 272 valence electrons. The Morgan fingerprint density at radius 3 is 1.59 bits per heavy atom. The van der Waals surface area contributed by atoms with Gasteiger partial charge in [-0.05, 0) is 51.8 Å². The van der Waals surface area contributed by atoms with Gasteiger partial charge in [-0.1, -0.05) is 140 Å². The third-order valence-electron chi connectivity index (χ3n) is 9.97. The van der Waals surface area contributed by atoms with Crippen molar-refractivity contribution in [2.45, 2.75) is 97.8 Å². The van der Waals surface area contributed by atoms with Crippen LogP contribution in [0.25, 0.3) is 43.8 Å². The summed E-state index contributed by atoms with van der Waals surface area (Å²) in [7, 11) is 0. The van der Waals surface area contributed by atoms with Crippen molar-refractivity contribution in [3.63, 3.8) is 0 Å². The molecule has 0 aromatic heterocycles. The van der Waals surface area contributed by atoms with Gasteiger partial charge in [-0.2, -0.15) is 12.1 Å². The summed E-state index contributed by atoms with van der Waals surface area (Å²) < 4.78 is 0. The normalized spacial score (nSPS) is 12.6. The Morgan fingerprint density at radius 2 is 1.10 bits per heavy atom. The zero-order valence-electron chi connectivity index (χ0n) is 32.5. The van der Waals surface area contributed by atoms with Gasteiger partial charge in [0.1, 0.15) is 0 Å². The van der Waals surface area contributed by atoms with Crippen LogP contribution in [0.1, 0.15) is 101 Å². The molecular formula is C47H58Cl2SiZr-4. The molecule has 1 aliphatic carbocycles. The maximum absolute atomic E-state index is 3.06. The van der Waals surface area contributed by atoms with Crippen molar-refractivity contribution >= 4 is 53.2 Å². The summed E-state index contributed by atoms with van der Waals surface area (Å²) in [5.74, 6) is 0.786. The molecule has 0 amide bonds. The summed E-state index contributed by atoms with van der Waals surface area (Å²) in [5.41, 5.74) is 12.8. The molecule has 0 spiro atoms. The fourth-order valence-electron chi connectivity index (χ4n) is 7.15. The number of fused-ring (bicyclic) bond motifs is 2. The zero-order chi connectivity index (χ0) is 33.9. The van der Waals surface area contributed by atoms with E-state index in [9.17, 15) is 0 Å². The average molecular weight is 813 g/mol. The number of halogens is 2. The van der Waals surface area contributed by atoms with Crippen molar-refractivity contribution in [1.29, 1.82) is 0 Å². The predicted octanol–water partition coefficient (Wildman–Crippen LogP) is 14.7. The molecule has 0 N–H and O–H groups in total. The number of benzene rings is 4. The summed E-state index contributed by atoms with van der Waals surface area (Å²) in [6.45, 7) is 21.0. The molecule has 0 nitrogen and oxygen atoms in total. The van der Waals surface area contributed by atoms with Crippen LogP contribution >= 0.6 is 24.8 Å². The molecular weight excluding hydrogens is 755 g/mol. The Hall–Kier alpha value is -2.22. The molecule has 0 saturated heterocycles. The number of hydrogen-bond acceptors (Lipinski definition) is 0. The first kappa shape index (κ1) is 46.8. The van der Waals surface area contributed by atoms with E-state index in [0.717, 1.165) is 5.92 Å². The molecule has 6 aromatic rings. The number of hydrogen-bond donors (Lipinski definition) is 0. The Labute approximate surface area is 340 Å². The van der Waals surface area contributed by atoms with Gasteiger partial charge >= 0.3 is 30.2 Å². The van der Waals surface area contributed by atoms with Gasteiger partial charge in [-0.3, -0.25) is 0 Å². The van der Waals surface area contributed by atoms with E-state index >= 15 is 0 Å². The van der Waals surface area contributed by atoms with Gasteiger partial charge in [0.15, 0.2) is 0 Å². The molecule has 7 rings (SSSR count). The summed E-state index contributed by atoms with van der Waals surface area (Å²) in [6, 6.07) is 38.9. The molecule has 4 heteroatoms. The van der Waals surface area contributed by atoms with Crippen LogP contribution in [0, 0.1) is 28.7 Å². The van der Waals surface area contributed by atoms with Crippen LogP contribution in [0.4, 0.5) is 0 Å². The fraction of sp³-hybridized carbons (Fsp3) is 0.319. The zero-order valence-corrected chi connectivity index (χ0v) is 37.6. The van der Waals surface area contributed by atoms with E-state index in [1.807, 2.05) is 0 Å². The first-order valence-electron chi connectivity index (χ1n) is 17.2. The first-order valence-corrected chi connectivity index (χ1v) is 21.4. The van der Waals surface area contributed by atoms with E-state index in [1.165, 1.54) is 115 Å². The summed E-state index contributed by atoms with van der Waals surface area (Å²) in [6.07, 6.45) is 5.53. The van der Waals surface area contributed by atoms with Gasteiger partial charge in [0.2, 0.25) is 0 Å². The molecule has 2 radical (unpaired) electrons. The van der Waals surface area contributed by atoms with Crippen LogP contribution in [0.2, 0.25) is 0 Å². The molecule has 6 aromatic carbocycles. The van der Waals surface area contributed by atoms with E-state index < -0.39 is 0 Å². The van der Waals surface area contributed by atoms with E-state index in [4.69, 9.17) is 0 Å². The standard InChI is InChI=1S/C24H27.C21H23.2CH3.2ClH.Si.Zr/c1-24(2,3)21-13-11-18(12-14-21)22-10-6-9-19-15-20(16-23(19)22)17-7-4-5-8-17;1-14-12-19-15(2)6-11-18(20(19)13-14)16-7-9-17(10-8-16)21(3,4)5;;;;;;/h6,9-17H,4-5,7-8H2,1-3H3;6-13H,1-5H3;2*1H3;2*1H;;/q4*-1;;;;.